The number of rotatable bonds is 7. The Bertz CT molecular complexity index is 690. The number of ether oxygens (including phenoxy) is 1. The van der Waals surface area contributed by atoms with Gasteiger partial charge >= 0.3 is 0 Å². The third-order valence-electron chi connectivity index (χ3n) is 4.57. The Hall–Kier alpha value is -1.60. The molecule has 0 N–H and O–H groups in total. The van der Waals surface area contributed by atoms with Gasteiger partial charge in [0, 0.05) is 19.6 Å². The van der Waals surface area contributed by atoms with Crippen molar-refractivity contribution in [1.82, 2.24) is 9.21 Å². The van der Waals surface area contributed by atoms with Crippen LogP contribution in [0.3, 0.4) is 0 Å². The molecule has 1 aliphatic heterocycles. The summed E-state index contributed by atoms with van der Waals surface area (Å²) in [6, 6.07) is 7.53. The number of carbonyl (C=O) groups is 1. The molecule has 0 aliphatic carbocycles. The molecule has 0 radical (unpaired) electrons. The van der Waals surface area contributed by atoms with Crippen LogP contribution in [0, 0.1) is 5.92 Å². The molecule has 1 aromatic carbocycles. The molecule has 1 fully saturated rings. The molecule has 0 spiro atoms. The Morgan fingerprint density at radius 3 is 2.80 bits per heavy atom. The second-order valence-corrected chi connectivity index (χ2v) is 8.77. The van der Waals surface area contributed by atoms with E-state index in [2.05, 4.69) is 6.92 Å². The van der Waals surface area contributed by atoms with Crippen LogP contribution in [0.1, 0.15) is 25.3 Å². The first-order valence-electron chi connectivity index (χ1n) is 8.65. The van der Waals surface area contributed by atoms with E-state index in [0.717, 1.165) is 37.0 Å². The quantitative estimate of drug-likeness (QED) is 0.735. The highest BCUT2D eigenvalue weighted by molar-refractivity contribution is 7.88. The SMILES string of the molecule is COc1cccc(CCN(CC(=O)N2CCCC(C)C2)S(C)(=O)=O)c1. The number of benzene rings is 1. The van der Waals surface area contributed by atoms with Crippen molar-refractivity contribution in [2.75, 3.05) is 39.5 Å². The highest BCUT2D eigenvalue weighted by Crippen LogP contribution is 2.17. The van der Waals surface area contributed by atoms with E-state index >= 15 is 0 Å². The minimum Gasteiger partial charge on any atom is -0.497 e. The van der Waals surface area contributed by atoms with Crippen LogP contribution in [0.2, 0.25) is 0 Å². The molecule has 0 saturated carbocycles. The number of hydrogen-bond donors (Lipinski definition) is 0. The van der Waals surface area contributed by atoms with Crippen molar-refractivity contribution in [2.45, 2.75) is 26.2 Å². The largest absolute Gasteiger partial charge is 0.497 e. The summed E-state index contributed by atoms with van der Waals surface area (Å²) in [5.74, 6) is 1.10. The first-order chi connectivity index (χ1) is 11.8. The molecule has 1 aromatic rings. The number of nitrogens with zero attached hydrogens (tertiary/aromatic N) is 2. The van der Waals surface area contributed by atoms with Crippen molar-refractivity contribution >= 4 is 15.9 Å². The predicted octanol–water partition coefficient (Wildman–Crippen LogP) is 1.76. The Kier molecular flexibility index (Phi) is 6.84. The van der Waals surface area contributed by atoms with Gasteiger partial charge in [-0.3, -0.25) is 4.79 Å². The van der Waals surface area contributed by atoms with E-state index in [1.54, 1.807) is 12.0 Å². The molecular formula is C18H28N2O4S. The van der Waals surface area contributed by atoms with Crippen molar-refractivity contribution in [1.29, 1.82) is 0 Å². The van der Waals surface area contributed by atoms with Gasteiger partial charge in [0.2, 0.25) is 15.9 Å². The lowest BCUT2D eigenvalue weighted by Crippen LogP contribution is -2.46. The molecule has 1 heterocycles. The number of methoxy groups -OCH3 is 1. The minimum atomic E-state index is -3.44. The number of amides is 1. The number of sulfonamides is 1. The average molecular weight is 368 g/mol. The molecule has 1 aliphatic rings. The summed E-state index contributed by atoms with van der Waals surface area (Å²) in [7, 11) is -1.85. The lowest BCUT2D eigenvalue weighted by atomic mass is 10.0. The number of piperidine rings is 1. The monoisotopic (exact) mass is 368 g/mol. The Labute approximate surface area is 150 Å². The van der Waals surface area contributed by atoms with E-state index in [0.29, 0.717) is 18.9 Å². The van der Waals surface area contributed by atoms with Crippen LogP contribution in [0.15, 0.2) is 24.3 Å². The summed E-state index contributed by atoms with van der Waals surface area (Å²) in [6.07, 6.45) is 3.80. The molecular weight excluding hydrogens is 340 g/mol. The third-order valence-corrected chi connectivity index (χ3v) is 5.82. The molecule has 1 amide bonds. The fourth-order valence-electron chi connectivity index (χ4n) is 3.11. The highest BCUT2D eigenvalue weighted by Gasteiger charge is 2.26. The van der Waals surface area contributed by atoms with Crippen LogP contribution in [0.25, 0.3) is 0 Å². The third kappa shape index (κ3) is 6.01. The van der Waals surface area contributed by atoms with E-state index in [-0.39, 0.29) is 19.0 Å². The van der Waals surface area contributed by atoms with E-state index < -0.39 is 10.0 Å². The molecule has 1 atom stereocenters. The lowest BCUT2D eigenvalue weighted by Gasteiger charge is -2.32. The second kappa shape index (κ2) is 8.67. The van der Waals surface area contributed by atoms with Gasteiger partial charge in [-0.05, 0) is 42.9 Å². The normalized spacial score (nSPS) is 18.4. The summed E-state index contributed by atoms with van der Waals surface area (Å²) < 4.78 is 30.6. The van der Waals surface area contributed by atoms with E-state index in [4.69, 9.17) is 4.74 Å². The zero-order chi connectivity index (χ0) is 18.4. The molecule has 0 bridgehead atoms. The van der Waals surface area contributed by atoms with Crippen LogP contribution in [0.5, 0.6) is 5.75 Å². The van der Waals surface area contributed by atoms with E-state index in [1.807, 2.05) is 24.3 Å². The predicted molar refractivity (Wildman–Crippen MR) is 98.1 cm³/mol. The van der Waals surface area contributed by atoms with E-state index in [1.165, 1.54) is 4.31 Å². The van der Waals surface area contributed by atoms with Crippen LogP contribution in [-0.4, -0.2) is 63.1 Å². The Balaban J connectivity index is 2.00. The average Bonchev–Trinajstić information content (AvgIpc) is 2.57. The molecule has 1 saturated heterocycles. The van der Waals surface area contributed by atoms with Gasteiger partial charge in [0.25, 0.3) is 0 Å². The van der Waals surface area contributed by atoms with Crippen molar-refractivity contribution in [3.63, 3.8) is 0 Å². The van der Waals surface area contributed by atoms with Gasteiger partial charge in [0.05, 0.1) is 19.9 Å². The van der Waals surface area contributed by atoms with Crippen molar-refractivity contribution in [3.8, 4) is 5.75 Å². The van der Waals surface area contributed by atoms with Gasteiger partial charge in [-0.25, -0.2) is 8.42 Å². The van der Waals surface area contributed by atoms with Gasteiger partial charge in [0.1, 0.15) is 5.75 Å². The first-order valence-corrected chi connectivity index (χ1v) is 10.5. The summed E-state index contributed by atoms with van der Waals surface area (Å²) in [6.45, 7) is 3.75. The first kappa shape index (κ1) is 19.7. The maximum absolute atomic E-state index is 12.5. The van der Waals surface area contributed by atoms with E-state index in [9.17, 15) is 13.2 Å². The fourth-order valence-corrected chi connectivity index (χ4v) is 3.88. The smallest absolute Gasteiger partial charge is 0.237 e. The van der Waals surface area contributed by atoms with Gasteiger partial charge in [-0.1, -0.05) is 19.1 Å². The number of likely N-dealkylation sites (tertiary alicyclic amines) is 1. The minimum absolute atomic E-state index is 0.0878. The molecule has 140 valence electrons. The highest BCUT2D eigenvalue weighted by atomic mass is 32.2. The molecule has 6 nitrogen and oxygen atoms in total. The van der Waals surface area contributed by atoms with Crippen molar-refractivity contribution in [2.24, 2.45) is 5.92 Å². The summed E-state index contributed by atoms with van der Waals surface area (Å²) in [5.41, 5.74) is 0.979. The van der Waals surface area contributed by atoms with Crippen LogP contribution in [-0.2, 0) is 21.2 Å². The van der Waals surface area contributed by atoms with Gasteiger partial charge in [0.15, 0.2) is 0 Å². The summed E-state index contributed by atoms with van der Waals surface area (Å²) in [5, 5.41) is 0. The maximum atomic E-state index is 12.5. The Morgan fingerprint density at radius 1 is 1.40 bits per heavy atom. The van der Waals surface area contributed by atoms with Crippen molar-refractivity contribution in [3.05, 3.63) is 29.8 Å². The Morgan fingerprint density at radius 2 is 2.16 bits per heavy atom. The standard InChI is InChI=1S/C18H28N2O4S/c1-15-6-5-10-19(13-15)18(21)14-20(25(3,22)23)11-9-16-7-4-8-17(12-16)24-2/h4,7-8,12,15H,5-6,9-11,13-14H2,1-3H3. The van der Waals surface area contributed by atoms with Crippen LogP contribution < -0.4 is 4.74 Å². The maximum Gasteiger partial charge on any atom is 0.237 e. The number of carbonyl (C=O) groups excluding carboxylic acids is 1. The molecule has 0 aromatic heterocycles. The van der Waals surface area contributed by atoms with Gasteiger partial charge in [-0.15, -0.1) is 0 Å². The summed E-state index contributed by atoms with van der Waals surface area (Å²) >= 11 is 0. The zero-order valence-electron chi connectivity index (χ0n) is 15.3. The zero-order valence-corrected chi connectivity index (χ0v) is 16.1. The molecule has 2 rings (SSSR count). The van der Waals surface area contributed by atoms with Crippen LogP contribution in [0.4, 0.5) is 0 Å². The van der Waals surface area contributed by atoms with Crippen molar-refractivity contribution < 1.29 is 17.9 Å². The number of hydrogen-bond acceptors (Lipinski definition) is 4. The van der Waals surface area contributed by atoms with Gasteiger partial charge < -0.3 is 9.64 Å². The summed E-state index contributed by atoms with van der Waals surface area (Å²) in [4.78, 5) is 14.3. The molecule has 25 heavy (non-hydrogen) atoms. The molecule has 7 heteroatoms. The molecule has 1 unspecified atom stereocenters. The van der Waals surface area contributed by atoms with Gasteiger partial charge in [-0.2, -0.15) is 4.31 Å². The second-order valence-electron chi connectivity index (χ2n) is 6.79. The topological polar surface area (TPSA) is 66.9 Å². The fraction of sp³-hybridized carbons (Fsp3) is 0.611. The lowest BCUT2D eigenvalue weighted by molar-refractivity contribution is -0.133. The van der Waals surface area contributed by atoms with Crippen LogP contribution >= 0.6 is 0 Å².